The monoisotopic (exact) mass is 444 g/mol. The molecular weight excluding hydrogens is 420 g/mol. The van der Waals surface area contributed by atoms with E-state index in [-0.39, 0.29) is 11.9 Å². The Labute approximate surface area is 192 Å². The van der Waals surface area contributed by atoms with Gasteiger partial charge >= 0.3 is 5.97 Å². The van der Waals surface area contributed by atoms with Gasteiger partial charge in [0.05, 0.1) is 34.0 Å². The van der Waals surface area contributed by atoms with E-state index in [0.29, 0.717) is 35.0 Å². The molecule has 1 atom stereocenters. The second kappa shape index (κ2) is 7.89. The number of allylic oxidation sites excluding steroid dienone is 1. The number of carbonyl (C=O) groups is 1. The summed E-state index contributed by atoms with van der Waals surface area (Å²) in [5.41, 5.74) is 4.44. The lowest BCUT2D eigenvalue weighted by Crippen LogP contribution is -2.18. The normalized spacial score (nSPS) is 16.9. The van der Waals surface area contributed by atoms with E-state index >= 15 is 0 Å². The molecule has 33 heavy (non-hydrogen) atoms. The molecule has 1 unspecified atom stereocenters. The van der Waals surface area contributed by atoms with Crippen LogP contribution in [0.4, 0.5) is 0 Å². The summed E-state index contributed by atoms with van der Waals surface area (Å²) in [6.45, 7) is 3.98. The summed E-state index contributed by atoms with van der Waals surface area (Å²) in [5.74, 6) is 1.96. The summed E-state index contributed by atoms with van der Waals surface area (Å²) in [6, 6.07) is 13.9. The topological polar surface area (TPSA) is 63.2 Å². The van der Waals surface area contributed by atoms with Crippen LogP contribution in [-0.4, -0.2) is 34.4 Å². The second-order valence-corrected chi connectivity index (χ2v) is 8.00. The Bertz CT molecular complexity index is 1330. The first kappa shape index (κ1) is 20.9. The molecule has 0 amide bonds. The summed E-state index contributed by atoms with van der Waals surface area (Å²) in [7, 11) is 6.37. The molecule has 0 radical (unpaired) electrons. The minimum atomic E-state index is -0.388. The number of esters is 1. The Morgan fingerprint density at radius 3 is 2.27 bits per heavy atom. The summed E-state index contributed by atoms with van der Waals surface area (Å²) < 4.78 is 27.6. The summed E-state index contributed by atoms with van der Waals surface area (Å²) in [6.07, 6.45) is 0.581. The fourth-order valence-corrected chi connectivity index (χ4v) is 4.92. The van der Waals surface area contributed by atoms with Gasteiger partial charge in [0, 0.05) is 17.9 Å². The smallest absolute Gasteiger partial charge is 0.340 e. The molecule has 0 saturated heterocycles. The first-order valence-corrected chi connectivity index (χ1v) is 10.5. The van der Waals surface area contributed by atoms with Gasteiger partial charge in [-0.1, -0.05) is 24.8 Å². The van der Waals surface area contributed by atoms with Crippen molar-refractivity contribution in [3.63, 3.8) is 0 Å². The van der Waals surface area contributed by atoms with E-state index in [1.807, 2.05) is 30.3 Å². The fraction of sp³-hybridized carbons (Fsp3) is 0.222. The molecule has 6 nitrogen and oxygen atoms in total. The number of carbonyl (C=O) groups excluding carboxylic acids is 1. The fourth-order valence-electron chi connectivity index (χ4n) is 4.92. The zero-order valence-corrected chi connectivity index (χ0v) is 19.0. The molecule has 3 aromatic carbocycles. The van der Waals surface area contributed by atoms with Crippen LogP contribution in [0, 0.1) is 0 Å². The molecule has 0 N–H and O–H groups in total. The van der Waals surface area contributed by atoms with Crippen molar-refractivity contribution in [3.8, 4) is 23.0 Å². The molecule has 1 aliphatic heterocycles. The molecule has 1 aliphatic carbocycles. The van der Waals surface area contributed by atoms with Crippen LogP contribution in [0.5, 0.6) is 23.0 Å². The quantitative estimate of drug-likeness (QED) is 0.520. The molecule has 5 rings (SSSR count). The standard InChI is InChI=1S/C27H24O6/c1-14-20-11-16-7-6-15-10-18(29-2)8-9-19(15)23(16)24(25(20)27(28)33-14)17-12-21(30-3)26(32-5)22(13-17)31-4/h6-10,12-13,24H,1,11H2,2-5H3. The SMILES string of the molecule is C=C1OC(=O)C2=C1Cc1ccc3cc(OC)ccc3c1C2c1cc(OC)c(OC)c(OC)c1. The highest BCUT2D eigenvalue weighted by Crippen LogP contribution is 2.51. The summed E-state index contributed by atoms with van der Waals surface area (Å²) in [4.78, 5) is 13.0. The van der Waals surface area contributed by atoms with Crippen LogP contribution < -0.4 is 18.9 Å². The van der Waals surface area contributed by atoms with Crippen LogP contribution in [-0.2, 0) is 16.0 Å². The minimum Gasteiger partial charge on any atom is -0.497 e. The first-order valence-electron chi connectivity index (χ1n) is 10.5. The maximum Gasteiger partial charge on any atom is 0.340 e. The zero-order chi connectivity index (χ0) is 23.3. The van der Waals surface area contributed by atoms with E-state index in [9.17, 15) is 4.79 Å². The average Bonchev–Trinajstić information content (AvgIpc) is 3.13. The van der Waals surface area contributed by atoms with Crippen LogP contribution in [0.1, 0.15) is 22.6 Å². The van der Waals surface area contributed by atoms with Gasteiger partial charge in [-0.05, 0) is 51.7 Å². The van der Waals surface area contributed by atoms with E-state index in [2.05, 4.69) is 18.7 Å². The van der Waals surface area contributed by atoms with E-state index in [0.717, 1.165) is 38.8 Å². The Hall–Kier alpha value is -3.93. The predicted octanol–water partition coefficient (Wildman–Crippen LogP) is 4.93. The molecule has 0 fully saturated rings. The molecular formula is C27H24O6. The van der Waals surface area contributed by atoms with Gasteiger partial charge in [-0.3, -0.25) is 0 Å². The van der Waals surface area contributed by atoms with Crippen molar-refractivity contribution in [3.05, 3.63) is 82.6 Å². The Morgan fingerprint density at radius 2 is 1.64 bits per heavy atom. The summed E-state index contributed by atoms with van der Waals surface area (Å²) in [5, 5.41) is 2.07. The Morgan fingerprint density at radius 1 is 0.909 bits per heavy atom. The molecule has 3 aromatic rings. The maximum atomic E-state index is 13.0. The number of cyclic esters (lactones) is 1. The van der Waals surface area contributed by atoms with Gasteiger partial charge in [0.15, 0.2) is 11.5 Å². The van der Waals surface area contributed by atoms with Crippen LogP contribution in [0.2, 0.25) is 0 Å². The number of hydrogen-bond donors (Lipinski definition) is 0. The number of benzene rings is 3. The first-order chi connectivity index (χ1) is 16.0. The zero-order valence-electron chi connectivity index (χ0n) is 19.0. The van der Waals surface area contributed by atoms with Gasteiger partial charge < -0.3 is 23.7 Å². The number of rotatable bonds is 5. The lowest BCUT2D eigenvalue weighted by Gasteiger charge is -2.29. The van der Waals surface area contributed by atoms with Gasteiger partial charge in [0.2, 0.25) is 5.75 Å². The van der Waals surface area contributed by atoms with E-state index in [1.54, 1.807) is 28.4 Å². The molecule has 1 heterocycles. The van der Waals surface area contributed by atoms with Gasteiger partial charge in [-0.15, -0.1) is 0 Å². The maximum absolute atomic E-state index is 13.0. The highest BCUT2D eigenvalue weighted by atomic mass is 16.5. The average molecular weight is 444 g/mol. The van der Waals surface area contributed by atoms with Crippen molar-refractivity contribution in [2.45, 2.75) is 12.3 Å². The van der Waals surface area contributed by atoms with E-state index < -0.39 is 0 Å². The molecule has 0 aromatic heterocycles. The van der Waals surface area contributed by atoms with Crippen molar-refractivity contribution >= 4 is 16.7 Å². The Balaban J connectivity index is 1.84. The van der Waals surface area contributed by atoms with Crippen molar-refractivity contribution < 1.29 is 28.5 Å². The number of hydrogen-bond acceptors (Lipinski definition) is 6. The largest absolute Gasteiger partial charge is 0.497 e. The molecule has 168 valence electrons. The van der Waals surface area contributed by atoms with Gasteiger partial charge in [0.25, 0.3) is 0 Å². The number of methoxy groups -OCH3 is 4. The Kier molecular flexibility index (Phi) is 5.01. The van der Waals surface area contributed by atoms with E-state index in [1.165, 1.54) is 0 Å². The molecule has 0 saturated carbocycles. The predicted molar refractivity (Wildman–Crippen MR) is 124 cm³/mol. The van der Waals surface area contributed by atoms with Crippen LogP contribution in [0.15, 0.2) is 65.9 Å². The van der Waals surface area contributed by atoms with E-state index in [4.69, 9.17) is 23.7 Å². The molecule has 6 heteroatoms. The van der Waals surface area contributed by atoms with Crippen LogP contribution in [0.25, 0.3) is 10.8 Å². The third kappa shape index (κ3) is 3.13. The van der Waals surface area contributed by atoms with Crippen molar-refractivity contribution in [2.24, 2.45) is 0 Å². The van der Waals surface area contributed by atoms with Gasteiger partial charge in [-0.2, -0.15) is 0 Å². The second-order valence-electron chi connectivity index (χ2n) is 8.00. The lowest BCUT2D eigenvalue weighted by atomic mass is 9.73. The molecule has 0 bridgehead atoms. The van der Waals surface area contributed by atoms with Crippen molar-refractivity contribution in [1.82, 2.24) is 0 Å². The lowest BCUT2D eigenvalue weighted by molar-refractivity contribution is -0.133. The number of ether oxygens (including phenoxy) is 5. The highest BCUT2D eigenvalue weighted by Gasteiger charge is 2.41. The van der Waals surface area contributed by atoms with Crippen molar-refractivity contribution in [1.29, 1.82) is 0 Å². The molecule has 2 aliphatic rings. The van der Waals surface area contributed by atoms with Gasteiger partial charge in [0.1, 0.15) is 11.5 Å². The van der Waals surface area contributed by atoms with Crippen LogP contribution in [0.3, 0.4) is 0 Å². The number of fused-ring (bicyclic) bond motifs is 3. The van der Waals surface area contributed by atoms with Gasteiger partial charge in [-0.25, -0.2) is 4.79 Å². The third-order valence-electron chi connectivity index (χ3n) is 6.42. The van der Waals surface area contributed by atoms with Crippen LogP contribution >= 0.6 is 0 Å². The highest BCUT2D eigenvalue weighted by molar-refractivity contribution is 6.00. The van der Waals surface area contributed by atoms with Crippen molar-refractivity contribution in [2.75, 3.05) is 28.4 Å². The minimum absolute atomic E-state index is 0.370. The summed E-state index contributed by atoms with van der Waals surface area (Å²) >= 11 is 0. The third-order valence-corrected chi connectivity index (χ3v) is 6.42. The molecule has 0 spiro atoms.